The number of carbonyl (C=O) groups excluding carboxylic acids is 1. The van der Waals surface area contributed by atoms with Gasteiger partial charge in [-0.3, -0.25) is 8.98 Å². The average Bonchev–Trinajstić information content (AvgIpc) is 2.83. The Balaban J connectivity index is 1.64. The highest BCUT2D eigenvalue weighted by Crippen LogP contribution is 2.64. The van der Waals surface area contributed by atoms with Crippen LogP contribution in [-0.2, 0) is 19.1 Å². The van der Waals surface area contributed by atoms with Gasteiger partial charge in [0.2, 0.25) is 0 Å². The van der Waals surface area contributed by atoms with E-state index in [1.165, 1.54) is 12.1 Å². The Kier molecular flexibility index (Phi) is 4.13. The van der Waals surface area contributed by atoms with E-state index in [0.29, 0.717) is 24.2 Å². The molecule has 1 saturated heterocycles. The van der Waals surface area contributed by atoms with E-state index in [-0.39, 0.29) is 22.7 Å². The first kappa shape index (κ1) is 18.5. The molecule has 1 aliphatic heterocycles. The molecule has 1 heterocycles. The van der Waals surface area contributed by atoms with Gasteiger partial charge in [0.1, 0.15) is 0 Å². The monoisotopic (exact) mass is 381 g/mol. The smallest absolute Gasteiger partial charge is 0.264 e. The van der Waals surface area contributed by atoms with E-state index in [0.717, 1.165) is 38.5 Å². The summed E-state index contributed by atoms with van der Waals surface area (Å²) in [6, 6.07) is 0. The summed E-state index contributed by atoms with van der Waals surface area (Å²) in [5.41, 5.74) is 1.46. The van der Waals surface area contributed by atoms with Gasteiger partial charge in [0, 0.05) is 37.2 Å². The van der Waals surface area contributed by atoms with Crippen molar-refractivity contribution in [1.29, 1.82) is 0 Å². The van der Waals surface area contributed by atoms with E-state index in [1.54, 1.807) is 0 Å². The van der Waals surface area contributed by atoms with Gasteiger partial charge in [-0.05, 0) is 55.3 Å². The molecule has 0 radical (unpaired) electrons. The molecule has 0 N–H and O–H groups in total. The zero-order chi connectivity index (χ0) is 18.9. The Morgan fingerprint density at radius 2 is 1.96 bits per heavy atom. The standard InChI is InChI=1S/C20H31NO4S/c1-19-7-6-16-15(17(19)10-14(11-19)25-26(4,23)24)12-21(3)18-9-13(22)5-8-20(16,18)2/h9,14-17H,5-8,10-12H2,1-4H3/t14-,15-,16+,17+,19-,20-/m1/s1. The van der Waals surface area contributed by atoms with Gasteiger partial charge in [-0.25, -0.2) is 0 Å². The molecule has 0 amide bonds. The molecule has 6 heteroatoms. The predicted octanol–water partition coefficient (Wildman–Crippen LogP) is 2.97. The number of rotatable bonds is 2. The lowest BCUT2D eigenvalue weighted by Gasteiger charge is -2.59. The normalized spacial score (nSPS) is 45.6. The van der Waals surface area contributed by atoms with Crippen molar-refractivity contribution in [3.63, 3.8) is 0 Å². The first-order chi connectivity index (χ1) is 12.0. The van der Waals surface area contributed by atoms with Crippen molar-refractivity contribution in [3.05, 3.63) is 11.8 Å². The van der Waals surface area contributed by atoms with Crippen molar-refractivity contribution in [1.82, 2.24) is 4.90 Å². The summed E-state index contributed by atoms with van der Waals surface area (Å²) in [6.45, 7) is 5.64. The second-order valence-electron chi connectivity index (χ2n) is 9.73. The lowest BCUT2D eigenvalue weighted by molar-refractivity contribution is -0.118. The second kappa shape index (κ2) is 5.81. The molecule has 0 bridgehead atoms. The van der Waals surface area contributed by atoms with Gasteiger partial charge in [0.15, 0.2) is 5.78 Å². The molecule has 4 aliphatic rings. The number of carbonyl (C=O) groups is 1. The summed E-state index contributed by atoms with van der Waals surface area (Å²) in [4.78, 5) is 14.3. The molecule has 4 rings (SSSR count). The minimum atomic E-state index is -3.41. The number of piperidine rings is 1. The van der Waals surface area contributed by atoms with Gasteiger partial charge < -0.3 is 4.90 Å². The minimum Gasteiger partial charge on any atom is -0.377 e. The Morgan fingerprint density at radius 3 is 2.65 bits per heavy atom. The summed E-state index contributed by atoms with van der Waals surface area (Å²) < 4.78 is 28.7. The molecule has 0 aromatic rings. The molecule has 5 nitrogen and oxygen atoms in total. The van der Waals surface area contributed by atoms with Gasteiger partial charge in [0.25, 0.3) is 10.1 Å². The van der Waals surface area contributed by atoms with Crippen molar-refractivity contribution in [2.75, 3.05) is 19.8 Å². The molecule has 26 heavy (non-hydrogen) atoms. The van der Waals surface area contributed by atoms with Gasteiger partial charge in [0.05, 0.1) is 12.4 Å². The number of ketones is 1. The molecule has 0 unspecified atom stereocenters. The van der Waals surface area contributed by atoms with E-state index in [9.17, 15) is 13.2 Å². The van der Waals surface area contributed by atoms with Crippen LogP contribution in [0.5, 0.6) is 0 Å². The van der Waals surface area contributed by atoms with Crippen LogP contribution >= 0.6 is 0 Å². The zero-order valence-electron chi connectivity index (χ0n) is 16.3. The third-order valence-corrected chi connectivity index (χ3v) is 8.59. The fourth-order valence-electron chi connectivity index (χ4n) is 6.88. The fraction of sp³-hybridized carbons (Fsp3) is 0.850. The topological polar surface area (TPSA) is 63.7 Å². The summed E-state index contributed by atoms with van der Waals surface area (Å²) >= 11 is 0. The highest BCUT2D eigenvalue weighted by Gasteiger charge is 2.59. The van der Waals surface area contributed by atoms with Crippen molar-refractivity contribution >= 4 is 15.9 Å². The molecular weight excluding hydrogens is 350 g/mol. The van der Waals surface area contributed by atoms with E-state index >= 15 is 0 Å². The summed E-state index contributed by atoms with van der Waals surface area (Å²) in [5.74, 6) is 1.87. The maximum Gasteiger partial charge on any atom is 0.264 e. The summed E-state index contributed by atoms with van der Waals surface area (Å²) in [7, 11) is -1.30. The zero-order valence-corrected chi connectivity index (χ0v) is 17.1. The Hall–Kier alpha value is -0.880. The molecular formula is C20H31NO4S. The van der Waals surface area contributed by atoms with E-state index < -0.39 is 10.1 Å². The highest BCUT2D eigenvalue weighted by molar-refractivity contribution is 7.86. The first-order valence-corrected chi connectivity index (χ1v) is 11.7. The number of hydrogen-bond acceptors (Lipinski definition) is 5. The molecule has 2 saturated carbocycles. The van der Waals surface area contributed by atoms with Gasteiger partial charge in [-0.1, -0.05) is 13.8 Å². The van der Waals surface area contributed by atoms with Crippen molar-refractivity contribution < 1.29 is 17.4 Å². The van der Waals surface area contributed by atoms with Crippen molar-refractivity contribution in [2.45, 2.75) is 58.5 Å². The number of fused-ring (bicyclic) bond motifs is 5. The molecule has 3 fully saturated rings. The van der Waals surface area contributed by atoms with Crippen LogP contribution in [0, 0.1) is 28.6 Å². The number of hydrogen-bond donors (Lipinski definition) is 0. The van der Waals surface area contributed by atoms with Gasteiger partial charge in [-0.15, -0.1) is 0 Å². The van der Waals surface area contributed by atoms with Crippen molar-refractivity contribution in [3.8, 4) is 0 Å². The number of allylic oxidation sites excluding steroid dienone is 2. The van der Waals surface area contributed by atoms with Gasteiger partial charge >= 0.3 is 0 Å². The SMILES string of the molecule is CN1C[C@H]2[C@@H]3C[C@@H](OS(C)(=O)=O)C[C@@]3(C)CC[C@@H]2[C@@]2(C)CCC(=O)C=C12. The minimum absolute atomic E-state index is 0.0721. The fourth-order valence-corrected chi connectivity index (χ4v) is 7.52. The maximum atomic E-state index is 12.0. The number of nitrogens with zero attached hydrogens (tertiary/aromatic N) is 1. The van der Waals surface area contributed by atoms with Crippen LogP contribution in [0.3, 0.4) is 0 Å². The lowest BCUT2D eigenvalue weighted by atomic mass is 9.50. The largest absolute Gasteiger partial charge is 0.377 e. The highest BCUT2D eigenvalue weighted by atomic mass is 32.2. The molecule has 0 aromatic carbocycles. The molecule has 0 spiro atoms. The molecule has 0 aromatic heterocycles. The average molecular weight is 382 g/mol. The first-order valence-electron chi connectivity index (χ1n) is 9.86. The van der Waals surface area contributed by atoms with Crippen LogP contribution in [0.15, 0.2) is 11.8 Å². The third-order valence-electron chi connectivity index (χ3n) is 7.96. The van der Waals surface area contributed by atoms with Crippen LogP contribution < -0.4 is 0 Å². The van der Waals surface area contributed by atoms with Crippen LogP contribution in [0.1, 0.15) is 52.4 Å². The molecule has 6 atom stereocenters. The maximum absolute atomic E-state index is 12.0. The summed E-state index contributed by atoms with van der Waals surface area (Å²) in [5, 5.41) is 0. The van der Waals surface area contributed by atoms with Crippen LogP contribution in [-0.4, -0.2) is 45.1 Å². The number of likely N-dealkylation sites (tertiary alicyclic amines) is 1. The quantitative estimate of drug-likeness (QED) is 0.688. The van der Waals surface area contributed by atoms with Crippen LogP contribution in [0.25, 0.3) is 0 Å². The Labute approximate surface area is 157 Å². The van der Waals surface area contributed by atoms with Crippen LogP contribution in [0.2, 0.25) is 0 Å². The van der Waals surface area contributed by atoms with E-state index in [4.69, 9.17) is 4.18 Å². The van der Waals surface area contributed by atoms with E-state index in [1.807, 2.05) is 6.08 Å². The molecule has 3 aliphatic carbocycles. The second-order valence-corrected chi connectivity index (χ2v) is 11.3. The van der Waals surface area contributed by atoms with Crippen molar-refractivity contribution in [2.24, 2.45) is 28.6 Å². The lowest BCUT2D eigenvalue weighted by Crippen LogP contribution is -2.56. The molecule has 146 valence electrons. The third kappa shape index (κ3) is 2.84. The summed E-state index contributed by atoms with van der Waals surface area (Å²) in [6.07, 6.45) is 8.43. The predicted molar refractivity (Wildman–Crippen MR) is 99.8 cm³/mol. The van der Waals surface area contributed by atoms with Gasteiger partial charge in [-0.2, -0.15) is 8.42 Å². The van der Waals surface area contributed by atoms with Crippen LogP contribution in [0.4, 0.5) is 0 Å². The van der Waals surface area contributed by atoms with E-state index in [2.05, 4.69) is 25.8 Å². The Morgan fingerprint density at radius 1 is 1.23 bits per heavy atom. The Bertz CT molecular complexity index is 760.